The lowest BCUT2D eigenvalue weighted by molar-refractivity contribution is 0.105. The number of primary amides is 2. The molecule has 1 aromatic heterocycles. The van der Waals surface area contributed by atoms with E-state index in [2.05, 4.69) is 9.97 Å². The molecule has 0 bridgehead atoms. The minimum Gasteiger partial charge on any atom is -0.370 e. The van der Waals surface area contributed by atoms with Crippen LogP contribution in [0.15, 0.2) is 60.7 Å². The molecule has 4 amide bonds. The number of hydrazine groups is 2. The Labute approximate surface area is 178 Å². The number of nitrogens with two attached hydrogens (primary N) is 4. The Bertz CT molecular complexity index is 1060. The highest BCUT2D eigenvalue weighted by Crippen LogP contribution is 2.33. The molecule has 0 aliphatic carbocycles. The van der Waals surface area contributed by atoms with Gasteiger partial charge in [0.1, 0.15) is 0 Å². The summed E-state index contributed by atoms with van der Waals surface area (Å²) >= 11 is 0. The molecule has 0 saturated carbocycles. The van der Waals surface area contributed by atoms with Gasteiger partial charge in [0.2, 0.25) is 0 Å². The van der Waals surface area contributed by atoms with E-state index in [9.17, 15) is 9.59 Å². The maximum Gasteiger partial charge on any atom is 0.336 e. The zero-order valence-corrected chi connectivity index (χ0v) is 16.5. The van der Waals surface area contributed by atoms with Gasteiger partial charge in [0, 0.05) is 0 Å². The predicted octanol–water partition coefficient (Wildman–Crippen LogP) is 1.38. The van der Waals surface area contributed by atoms with Gasteiger partial charge in [-0.15, -0.1) is 0 Å². The van der Waals surface area contributed by atoms with E-state index in [-0.39, 0.29) is 18.4 Å². The quantitative estimate of drug-likeness (QED) is 0.252. The van der Waals surface area contributed by atoms with Gasteiger partial charge >= 0.3 is 12.1 Å². The van der Waals surface area contributed by atoms with Crippen LogP contribution in [0.5, 0.6) is 0 Å². The third-order valence-corrected chi connectivity index (χ3v) is 4.28. The Morgan fingerprint density at radius 3 is 1.97 bits per heavy atom. The summed E-state index contributed by atoms with van der Waals surface area (Å²) in [6, 6.07) is 16.5. The molecule has 0 aliphatic heterocycles. The smallest absolute Gasteiger partial charge is 0.336 e. The average molecular weight is 422 g/mol. The maximum atomic E-state index is 11.8. The lowest BCUT2D eigenvalue weighted by Gasteiger charge is -2.22. The first-order valence-corrected chi connectivity index (χ1v) is 9.15. The Kier molecular flexibility index (Phi) is 6.72. The molecule has 11 nitrogen and oxygen atoms in total. The molecule has 0 radical (unpaired) electrons. The number of aromatic nitrogens is 2. The summed E-state index contributed by atoms with van der Waals surface area (Å²) in [6.07, 6.45) is 0. The fourth-order valence-electron chi connectivity index (χ4n) is 2.81. The van der Waals surface area contributed by atoms with Crippen molar-refractivity contribution in [3.8, 4) is 11.1 Å². The van der Waals surface area contributed by atoms with E-state index in [1.807, 2.05) is 36.4 Å². The second-order valence-corrected chi connectivity index (χ2v) is 6.43. The summed E-state index contributed by atoms with van der Waals surface area (Å²) in [5.41, 5.74) is 12.9. The van der Waals surface area contributed by atoms with Crippen LogP contribution in [0.25, 0.3) is 11.1 Å². The van der Waals surface area contributed by atoms with E-state index in [0.29, 0.717) is 33.4 Å². The van der Waals surface area contributed by atoms with Crippen molar-refractivity contribution in [2.24, 2.45) is 23.2 Å². The van der Waals surface area contributed by atoms with Crippen LogP contribution in [0.3, 0.4) is 0 Å². The molecule has 160 valence electrons. The zero-order valence-electron chi connectivity index (χ0n) is 16.5. The van der Waals surface area contributed by atoms with Crippen LogP contribution in [-0.2, 0) is 18.0 Å². The number of urea groups is 2. The minimum absolute atomic E-state index is 0.000839. The average Bonchev–Trinajstić information content (AvgIpc) is 2.78. The van der Waals surface area contributed by atoms with Crippen LogP contribution < -0.4 is 33.2 Å². The van der Waals surface area contributed by atoms with E-state index in [0.717, 1.165) is 5.56 Å². The molecule has 0 atom stereocenters. The highest BCUT2D eigenvalue weighted by molar-refractivity contribution is 5.95. The Balaban J connectivity index is 2.09. The lowest BCUT2D eigenvalue weighted by Crippen LogP contribution is -2.45. The van der Waals surface area contributed by atoms with Crippen LogP contribution in [0.4, 0.5) is 21.4 Å². The number of nitrogens with zero attached hydrogens (tertiary/aromatic N) is 4. The first-order chi connectivity index (χ1) is 14.9. The molecule has 31 heavy (non-hydrogen) atoms. The van der Waals surface area contributed by atoms with Gasteiger partial charge in [-0.2, -0.15) is 9.99 Å². The van der Waals surface area contributed by atoms with Gasteiger partial charge in [-0.1, -0.05) is 60.7 Å². The Morgan fingerprint density at radius 1 is 0.806 bits per heavy atom. The predicted molar refractivity (Wildman–Crippen MR) is 115 cm³/mol. The van der Waals surface area contributed by atoms with E-state index in [1.54, 1.807) is 24.3 Å². The monoisotopic (exact) mass is 422 g/mol. The highest BCUT2D eigenvalue weighted by atomic mass is 16.5. The summed E-state index contributed by atoms with van der Waals surface area (Å²) in [5, 5.41) is 1.18. The summed E-state index contributed by atoms with van der Waals surface area (Å²) in [6.45, 7) is 0.300. The topological polar surface area (TPSA) is 180 Å². The van der Waals surface area contributed by atoms with Crippen LogP contribution in [0, 0.1) is 0 Å². The molecule has 11 heteroatoms. The Morgan fingerprint density at radius 2 is 1.39 bits per heavy atom. The van der Waals surface area contributed by atoms with Gasteiger partial charge in [0.25, 0.3) is 5.95 Å². The maximum absolute atomic E-state index is 11.8. The fraction of sp³-hybridized carbons (Fsp3) is 0.100. The number of hydrogen-bond donors (Lipinski definition) is 4. The van der Waals surface area contributed by atoms with Gasteiger partial charge in [-0.3, -0.25) is 0 Å². The molecule has 2 aromatic carbocycles. The third-order valence-electron chi connectivity index (χ3n) is 4.28. The first kappa shape index (κ1) is 21.6. The number of amides is 4. The van der Waals surface area contributed by atoms with Crippen molar-refractivity contribution < 1.29 is 14.3 Å². The Hall–Kier alpha value is -4.06. The van der Waals surface area contributed by atoms with Crippen molar-refractivity contribution in [2.75, 3.05) is 10.0 Å². The van der Waals surface area contributed by atoms with Crippen molar-refractivity contribution in [3.05, 3.63) is 71.9 Å². The summed E-state index contributed by atoms with van der Waals surface area (Å²) in [5.74, 6) is 11.2. The molecule has 0 fully saturated rings. The zero-order chi connectivity index (χ0) is 22.4. The molecule has 0 saturated heterocycles. The number of hydrogen-bond acceptors (Lipinski definition) is 7. The molecular formula is C20H22N8O3. The summed E-state index contributed by atoms with van der Waals surface area (Å²) < 4.78 is 5.82. The van der Waals surface area contributed by atoms with Crippen molar-refractivity contribution in [2.45, 2.75) is 13.2 Å². The van der Waals surface area contributed by atoms with Crippen molar-refractivity contribution in [1.29, 1.82) is 0 Å². The summed E-state index contributed by atoms with van der Waals surface area (Å²) in [7, 11) is 0. The lowest BCUT2D eigenvalue weighted by atomic mass is 10.0. The number of benzene rings is 2. The van der Waals surface area contributed by atoms with Gasteiger partial charge < -0.3 is 16.2 Å². The minimum atomic E-state index is -1.00. The second kappa shape index (κ2) is 9.63. The molecule has 8 N–H and O–H groups in total. The van der Waals surface area contributed by atoms with Crippen LogP contribution in [-0.4, -0.2) is 22.0 Å². The van der Waals surface area contributed by atoms with Gasteiger partial charge in [0.15, 0.2) is 5.82 Å². The largest absolute Gasteiger partial charge is 0.370 e. The highest BCUT2D eigenvalue weighted by Gasteiger charge is 2.24. The van der Waals surface area contributed by atoms with Gasteiger partial charge in [-0.05, 0) is 11.1 Å². The molecule has 0 aliphatic rings. The van der Waals surface area contributed by atoms with E-state index in [4.69, 9.17) is 27.9 Å². The van der Waals surface area contributed by atoms with Gasteiger partial charge in [-0.25, -0.2) is 31.3 Å². The number of carbonyl (C=O) groups excluding carboxylic acids is 2. The van der Waals surface area contributed by atoms with Crippen molar-refractivity contribution in [3.63, 3.8) is 0 Å². The standard InChI is InChI=1S/C20H22N8O3/c21-18(29)27(23)17-16(14-9-5-2-6-10-14)15(25-20(26-17)28(24)19(22)30)12-31-11-13-7-3-1-4-8-13/h1-10H,11-12,23-24H2,(H2,21,29)(H2,22,30). The van der Waals surface area contributed by atoms with E-state index < -0.39 is 12.1 Å². The SMILES string of the molecule is NC(=O)N(N)c1nc(COCc2ccccc2)c(-c2ccccc2)c(N(N)C(N)=O)n1. The van der Waals surface area contributed by atoms with Crippen LogP contribution >= 0.6 is 0 Å². The summed E-state index contributed by atoms with van der Waals surface area (Å²) in [4.78, 5) is 31.8. The van der Waals surface area contributed by atoms with Crippen molar-refractivity contribution >= 4 is 23.8 Å². The molecule has 3 rings (SSSR count). The number of ether oxygens (including phenoxy) is 1. The van der Waals surface area contributed by atoms with E-state index >= 15 is 0 Å². The molecule has 0 unspecified atom stereocenters. The molecule has 3 aromatic rings. The normalized spacial score (nSPS) is 10.5. The van der Waals surface area contributed by atoms with E-state index in [1.165, 1.54) is 0 Å². The third kappa shape index (κ3) is 5.11. The second-order valence-electron chi connectivity index (χ2n) is 6.43. The number of rotatable bonds is 7. The van der Waals surface area contributed by atoms with Crippen LogP contribution in [0.1, 0.15) is 11.3 Å². The molecular weight excluding hydrogens is 400 g/mol. The van der Waals surface area contributed by atoms with Crippen molar-refractivity contribution in [1.82, 2.24) is 9.97 Å². The fourth-order valence-corrected chi connectivity index (χ4v) is 2.81. The number of anilines is 2. The molecule has 1 heterocycles. The number of carbonyl (C=O) groups is 2. The molecule has 0 spiro atoms. The first-order valence-electron chi connectivity index (χ1n) is 9.15. The van der Waals surface area contributed by atoms with Gasteiger partial charge in [0.05, 0.1) is 24.5 Å². The van der Waals surface area contributed by atoms with Crippen LogP contribution in [0.2, 0.25) is 0 Å².